The average molecular weight is 434 g/mol. The third-order valence-corrected chi connectivity index (χ3v) is 7.12. The third-order valence-electron chi connectivity index (χ3n) is 7.12. The number of carbonyl (C=O) groups is 1. The standard InChI is InChI=1S/C22H27FN2O6/c1-21(10-26)8-24(9-22(21,2)11-27)17-15(23)6-13-16(19(17)31-3)25(12-4-5-12)7-14(18(13)28)20(29)30/h6-7,12,26-27H,4-5,8-11H2,1-3H3,(H,29,30). The van der Waals surface area contributed by atoms with Crippen LogP contribution in [0, 0.1) is 16.6 Å². The van der Waals surface area contributed by atoms with Crippen LogP contribution in [0.25, 0.3) is 10.9 Å². The zero-order chi connectivity index (χ0) is 22.7. The van der Waals surface area contributed by atoms with Gasteiger partial charge in [-0.2, -0.15) is 0 Å². The summed E-state index contributed by atoms with van der Waals surface area (Å²) in [5.74, 6) is -1.92. The lowest BCUT2D eigenvalue weighted by Gasteiger charge is -2.36. The Morgan fingerprint density at radius 2 is 1.81 bits per heavy atom. The smallest absolute Gasteiger partial charge is 0.341 e. The number of ether oxygens (including phenoxy) is 1. The number of halogens is 1. The summed E-state index contributed by atoms with van der Waals surface area (Å²) in [6, 6.07) is 1.09. The Bertz CT molecular complexity index is 1110. The van der Waals surface area contributed by atoms with Gasteiger partial charge in [-0.15, -0.1) is 0 Å². The van der Waals surface area contributed by atoms with Gasteiger partial charge in [-0.05, 0) is 18.9 Å². The number of aromatic nitrogens is 1. The van der Waals surface area contributed by atoms with Crippen LogP contribution in [0.2, 0.25) is 0 Å². The van der Waals surface area contributed by atoms with Crippen LogP contribution in [0.4, 0.5) is 10.1 Å². The Labute approximate surface area is 178 Å². The number of hydrogen-bond donors (Lipinski definition) is 3. The van der Waals surface area contributed by atoms with E-state index in [2.05, 4.69) is 0 Å². The van der Waals surface area contributed by atoms with Crippen molar-refractivity contribution in [2.24, 2.45) is 10.8 Å². The van der Waals surface area contributed by atoms with Crippen LogP contribution < -0.4 is 15.1 Å². The van der Waals surface area contributed by atoms with E-state index in [0.717, 1.165) is 18.9 Å². The highest BCUT2D eigenvalue weighted by Crippen LogP contribution is 2.50. The third kappa shape index (κ3) is 3.10. The summed E-state index contributed by atoms with van der Waals surface area (Å²) in [6.07, 6.45) is 2.96. The van der Waals surface area contributed by atoms with Crippen LogP contribution in [-0.4, -0.2) is 59.3 Å². The number of hydrogen-bond acceptors (Lipinski definition) is 6. The van der Waals surface area contributed by atoms with Crippen LogP contribution in [0.1, 0.15) is 43.1 Å². The largest absolute Gasteiger partial charge is 0.492 e. The first-order chi connectivity index (χ1) is 14.6. The molecule has 1 saturated heterocycles. The molecule has 4 rings (SSSR count). The topological polar surface area (TPSA) is 112 Å². The summed E-state index contributed by atoms with van der Waals surface area (Å²) in [5, 5.41) is 29.4. The average Bonchev–Trinajstić information content (AvgIpc) is 3.53. The number of aliphatic hydroxyl groups is 2. The van der Waals surface area contributed by atoms with E-state index in [1.54, 1.807) is 9.47 Å². The molecular formula is C22H27FN2O6. The van der Waals surface area contributed by atoms with Crippen LogP contribution in [-0.2, 0) is 0 Å². The maximum absolute atomic E-state index is 15.4. The fourth-order valence-electron chi connectivity index (χ4n) is 4.64. The minimum absolute atomic E-state index is 0.0115. The lowest BCUT2D eigenvalue weighted by Crippen LogP contribution is -2.41. The molecule has 1 aromatic carbocycles. The van der Waals surface area contributed by atoms with Crippen LogP contribution in [0.3, 0.4) is 0 Å². The number of methoxy groups -OCH3 is 1. The molecule has 1 aromatic heterocycles. The van der Waals surface area contributed by atoms with Gasteiger partial charge in [0.25, 0.3) is 0 Å². The maximum Gasteiger partial charge on any atom is 0.341 e. The van der Waals surface area contributed by atoms with Crippen molar-refractivity contribution >= 4 is 22.6 Å². The monoisotopic (exact) mass is 434 g/mol. The van der Waals surface area contributed by atoms with E-state index in [1.165, 1.54) is 13.3 Å². The molecule has 2 unspecified atom stereocenters. The second-order valence-corrected chi connectivity index (χ2v) is 9.25. The molecule has 2 heterocycles. The van der Waals surface area contributed by atoms with Crippen molar-refractivity contribution in [1.29, 1.82) is 0 Å². The molecule has 0 spiro atoms. The minimum Gasteiger partial charge on any atom is -0.492 e. The number of aliphatic hydroxyl groups excluding tert-OH is 2. The summed E-state index contributed by atoms with van der Waals surface area (Å²) in [4.78, 5) is 26.1. The van der Waals surface area contributed by atoms with E-state index in [1.807, 2.05) is 13.8 Å². The molecule has 168 valence electrons. The van der Waals surface area contributed by atoms with Gasteiger partial charge in [0.15, 0.2) is 11.6 Å². The normalized spacial score (nSPS) is 25.9. The van der Waals surface area contributed by atoms with Gasteiger partial charge in [0.05, 0.1) is 31.2 Å². The molecule has 9 heteroatoms. The Kier molecular flexibility index (Phi) is 5.01. The molecule has 0 amide bonds. The molecule has 1 aliphatic heterocycles. The second kappa shape index (κ2) is 7.20. The highest BCUT2D eigenvalue weighted by atomic mass is 19.1. The molecule has 2 fully saturated rings. The van der Waals surface area contributed by atoms with Crippen molar-refractivity contribution in [3.05, 3.63) is 33.9 Å². The Morgan fingerprint density at radius 3 is 2.26 bits per heavy atom. The Morgan fingerprint density at radius 1 is 1.23 bits per heavy atom. The Hall–Kier alpha value is -2.65. The summed E-state index contributed by atoms with van der Waals surface area (Å²) >= 11 is 0. The minimum atomic E-state index is -1.36. The zero-order valence-electron chi connectivity index (χ0n) is 17.8. The van der Waals surface area contributed by atoms with Crippen LogP contribution in [0.15, 0.2) is 17.1 Å². The molecule has 2 aromatic rings. The van der Waals surface area contributed by atoms with Crippen molar-refractivity contribution in [3.63, 3.8) is 0 Å². The number of nitrogens with zero attached hydrogens (tertiary/aromatic N) is 2. The molecule has 8 nitrogen and oxygen atoms in total. The van der Waals surface area contributed by atoms with Crippen LogP contribution in [0.5, 0.6) is 5.75 Å². The SMILES string of the molecule is COc1c(N2CC(C)(CO)C(C)(CO)C2)c(F)cc2c(=O)c(C(=O)O)cn(C3CC3)c12. The lowest BCUT2D eigenvalue weighted by atomic mass is 9.69. The molecule has 31 heavy (non-hydrogen) atoms. The van der Waals surface area contributed by atoms with Gasteiger partial charge in [0.1, 0.15) is 11.3 Å². The molecule has 2 aliphatic rings. The molecule has 0 bridgehead atoms. The quantitative estimate of drug-likeness (QED) is 0.638. The number of pyridine rings is 1. The summed E-state index contributed by atoms with van der Waals surface area (Å²) in [6.45, 7) is 3.86. The number of carboxylic acid groups (broad SMARTS) is 1. The van der Waals surface area contributed by atoms with Crippen molar-refractivity contribution in [3.8, 4) is 5.75 Å². The zero-order valence-corrected chi connectivity index (χ0v) is 17.8. The van der Waals surface area contributed by atoms with E-state index >= 15 is 4.39 Å². The molecule has 1 saturated carbocycles. The van der Waals surface area contributed by atoms with Gasteiger partial charge in [0, 0.05) is 36.2 Å². The lowest BCUT2D eigenvalue weighted by molar-refractivity contribution is 0.00976. The van der Waals surface area contributed by atoms with E-state index in [9.17, 15) is 24.9 Å². The van der Waals surface area contributed by atoms with E-state index in [4.69, 9.17) is 4.74 Å². The van der Waals surface area contributed by atoms with Gasteiger partial charge in [-0.3, -0.25) is 4.79 Å². The molecule has 0 radical (unpaired) electrons. The first-order valence-electron chi connectivity index (χ1n) is 10.3. The van der Waals surface area contributed by atoms with Crippen molar-refractivity contribution < 1.29 is 29.2 Å². The van der Waals surface area contributed by atoms with Crippen molar-refractivity contribution in [2.75, 3.05) is 38.3 Å². The number of fused-ring (bicyclic) bond motifs is 1. The number of aromatic carboxylic acids is 1. The number of anilines is 1. The predicted octanol–water partition coefficient (Wildman–Crippen LogP) is 2.00. The van der Waals surface area contributed by atoms with Gasteiger partial charge >= 0.3 is 5.97 Å². The second-order valence-electron chi connectivity index (χ2n) is 9.25. The molecule has 3 N–H and O–H groups in total. The highest BCUT2D eigenvalue weighted by molar-refractivity contribution is 5.97. The first-order valence-corrected chi connectivity index (χ1v) is 10.3. The van der Waals surface area contributed by atoms with Gasteiger partial charge in [-0.25, -0.2) is 9.18 Å². The van der Waals surface area contributed by atoms with Crippen molar-refractivity contribution in [2.45, 2.75) is 32.7 Å². The van der Waals surface area contributed by atoms with Gasteiger partial charge in [-0.1, -0.05) is 13.8 Å². The fraction of sp³-hybridized carbons (Fsp3) is 0.545. The van der Waals surface area contributed by atoms with Crippen LogP contribution >= 0.6 is 0 Å². The molecule has 2 atom stereocenters. The fourth-order valence-corrected chi connectivity index (χ4v) is 4.64. The maximum atomic E-state index is 15.4. The first kappa shape index (κ1) is 21.6. The molecule has 1 aliphatic carbocycles. The van der Waals surface area contributed by atoms with E-state index in [-0.39, 0.29) is 49.2 Å². The summed E-state index contributed by atoms with van der Waals surface area (Å²) < 4.78 is 22.8. The van der Waals surface area contributed by atoms with Gasteiger partial charge < -0.3 is 29.5 Å². The number of carboxylic acids is 1. The van der Waals surface area contributed by atoms with E-state index in [0.29, 0.717) is 5.52 Å². The van der Waals surface area contributed by atoms with Gasteiger partial charge in [0.2, 0.25) is 5.43 Å². The predicted molar refractivity (Wildman–Crippen MR) is 113 cm³/mol. The molecular weight excluding hydrogens is 407 g/mol. The number of rotatable bonds is 6. The van der Waals surface area contributed by atoms with Crippen molar-refractivity contribution in [1.82, 2.24) is 4.57 Å². The van der Waals surface area contributed by atoms with E-state index < -0.39 is 33.6 Å². The summed E-state index contributed by atoms with van der Waals surface area (Å²) in [5.41, 5.74) is -2.03. The Balaban J connectivity index is 2.00. The summed E-state index contributed by atoms with van der Waals surface area (Å²) in [7, 11) is 1.39. The highest BCUT2D eigenvalue weighted by Gasteiger charge is 2.52. The number of benzene rings is 1.